The Hall–Kier alpha value is -1.95. The summed E-state index contributed by atoms with van der Waals surface area (Å²) in [6.45, 7) is 5.27. The molecular formula is C20H26FNO4. The minimum absolute atomic E-state index is 0.0717. The van der Waals surface area contributed by atoms with Gasteiger partial charge in [0.25, 0.3) is 0 Å². The number of carboxylic acid groups (broad SMARTS) is 1. The van der Waals surface area contributed by atoms with Gasteiger partial charge in [0, 0.05) is 26.3 Å². The first-order valence-electron chi connectivity index (χ1n) is 9.18. The van der Waals surface area contributed by atoms with E-state index in [2.05, 4.69) is 0 Å². The molecule has 0 bridgehead atoms. The molecule has 2 heterocycles. The smallest absolute Gasteiger partial charge is 0.311 e. The van der Waals surface area contributed by atoms with Crippen LogP contribution in [0, 0.1) is 17.2 Å². The van der Waals surface area contributed by atoms with Gasteiger partial charge in [-0.3, -0.25) is 9.59 Å². The molecule has 0 spiro atoms. The molecule has 0 radical (unpaired) electrons. The summed E-state index contributed by atoms with van der Waals surface area (Å²) in [5, 5.41) is 9.75. The monoisotopic (exact) mass is 363 g/mol. The zero-order valence-electron chi connectivity index (χ0n) is 15.3. The van der Waals surface area contributed by atoms with Crippen molar-refractivity contribution in [1.29, 1.82) is 0 Å². The molecule has 1 atom stereocenters. The third-order valence-electron chi connectivity index (χ3n) is 6.25. The standard InChI is InChI=1S/C20H26FNO4/c1-14(2)20(18(24)25)6-9-22(13-20)17(23)19(7-10-26-11-8-19)15-4-3-5-16(21)12-15/h3-5,12,14H,6-11,13H2,1-2H3,(H,24,25). The summed E-state index contributed by atoms with van der Waals surface area (Å²) in [6, 6.07) is 6.20. The van der Waals surface area contributed by atoms with Crippen LogP contribution in [0.15, 0.2) is 24.3 Å². The third-order valence-corrected chi connectivity index (χ3v) is 6.25. The van der Waals surface area contributed by atoms with Gasteiger partial charge >= 0.3 is 5.97 Å². The molecular weight excluding hydrogens is 337 g/mol. The van der Waals surface area contributed by atoms with Crippen LogP contribution in [-0.4, -0.2) is 48.2 Å². The number of rotatable bonds is 4. The van der Waals surface area contributed by atoms with Crippen LogP contribution in [0.1, 0.15) is 38.7 Å². The van der Waals surface area contributed by atoms with Crippen LogP contribution in [0.3, 0.4) is 0 Å². The first-order valence-corrected chi connectivity index (χ1v) is 9.18. The molecule has 2 aliphatic heterocycles. The lowest BCUT2D eigenvalue weighted by molar-refractivity contribution is -0.152. The van der Waals surface area contributed by atoms with E-state index < -0.39 is 16.8 Å². The first-order chi connectivity index (χ1) is 12.3. The molecule has 1 N–H and O–H groups in total. The molecule has 2 saturated heterocycles. The number of benzene rings is 1. The van der Waals surface area contributed by atoms with Crippen molar-refractivity contribution in [2.45, 2.75) is 38.5 Å². The highest BCUT2D eigenvalue weighted by Gasteiger charge is 2.52. The topological polar surface area (TPSA) is 66.8 Å². The SMILES string of the molecule is CC(C)C1(C(=O)O)CCN(C(=O)C2(c3cccc(F)c3)CCOCC2)C1. The molecule has 0 saturated carbocycles. The van der Waals surface area contributed by atoms with Crippen LogP contribution >= 0.6 is 0 Å². The second-order valence-corrected chi connectivity index (χ2v) is 7.80. The van der Waals surface area contributed by atoms with Crippen molar-refractivity contribution in [3.05, 3.63) is 35.6 Å². The van der Waals surface area contributed by atoms with E-state index in [9.17, 15) is 19.1 Å². The van der Waals surface area contributed by atoms with Crippen LogP contribution in [0.4, 0.5) is 4.39 Å². The Morgan fingerprint density at radius 1 is 1.23 bits per heavy atom. The molecule has 1 aromatic rings. The normalized spacial score (nSPS) is 25.5. The molecule has 1 aromatic carbocycles. The van der Waals surface area contributed by atoms with Gasteiger partial charge in [-0.25, -0.2) is 4.39 Å². The van der Waals surface area contributed by atoms with Crippen molar-refractivity contribution in [1.82, 2.24) is 4.90 Å². The Labute approximate surface area is 153 Å². The molecule has 142 valence electrons. The van der Waals surface area contributed by atoms with E-state index in [1.807, 2.05) is 13.8 Å². The van der Waals surface area contributed by atoms with Gasteiger partial charge in [0.1, 0.15) is 5.82 Å². The van der Waals surface area contributed by atoms with Crippen LogP contribution in [0.2, 0.25) is 0 Å². The Kier molecular flexibility index (Phi) is 5.06. The predicted molar refractivity (Wildman–Crippen MR) is 94.2 cm³/mol. The number of carbonyl (C=O) groups is 2. The van der Waals surface area contributed by atoms with Crippen molar-refractivity contribution in [3.8, 4) is 0 Å². The summed E-state index contributed by atoms with van der Waals surface area (Å²) >= 11 is 0. The number of aliphatic carboxylic acids is 1. The average Bonchev–Trinajstić information content (AvgIpc) is 3.08. The molecule has 1 amide bonds. The van der Waals surface area contributed by atoms with Gasteiger partial charge in [0.2, 0.25) is 5.91 Å². The maximum atomic E-state index is 13.8. The quantitative estimate of drug-likeness (QED) is 0.893. The highest BCUT2D eigenvalue weighted by molar-refractivity contribution is 5.90. The minimum atomic E-state index is -0.913. The zero-order valence-corrected chi connectivity index (χ0v) is 15.3. The van der Waals surface area contributed by atoms with E-state index >= 15 is 0 Å². The Morgan fingerprint density at radius 3 is 2.46 bits per heavy atom. The van der Waals surface area contributed by atoms with Gasteiger partial charge in [-0.05, 0) is 42.9 Å². The molecule has 3 rings (SSSR count). The van der Waals surface area contributed by atoms with E-state index in [0.29, 0.717) is 44.6 Å². The van der Waals surface area contributed by atoms with Crippen LogP contribution < -0.4 is 0 Å². The van der Waals surface area contributed by atoms with E-state index in [4.69, 9.17) is 4.74 Å². The summed E-state index contributed by atoms with van der Waals surface area (Å²) in [5.74, 6) is -1.40. The average molecular weight is 363 g/mol. The number of ether oxygens (including phenoxy) is 1. The van der Waals surface area contributed by atoms with E-state index in [1.54, 1.807) is 17.0 Å². The number of halogens is 1. The number of nitrogens with zero attached hydrogens (tertiary/aromatic N) is 1. The summed E-state index contributed by atoms with van der Waals surface area (Å²) < 4.78 is 19.3. The van der Waals surface area contributed by atoms with Crippen molar-refractivity contribution in [2.75, 3.05) is 26.3 Å². The van der Waals surface area contributed by atoms with Crippen LogP contribution in [-0.2, 0) is 19.7 Å². The largest absolute Gasteiger partial charge is 0.481 e. The van der Waals surface area contributed by atoms with Crippen molar-refractivity contribution in [2.24, 2.45) is 11.3 Å². The van der Waals surface area contributed by atoms with Crippen LogP contribution in [0.25, 0.3) is 0 Å². The lowest BCUT2D eigenvalue weighted by atomic mass is 9.72. The van der Waals surface area contributed by atoms with Crippen molar-refractivity contribution in [3.63, 3.8) is 0 Å². The summed E-state index contributed by atoms with van der Waals surface area (Å²) in [6.07, 6.45) is 1.41. The zero-order chi connectivity index (χ0) is 18.9. The Balaban J connectivity index is 1.94. The molecule has 0 aliphatic carbocycles. The molecule has 2 aliphatic rings. The summed E-state index contributed by atoms with van der Waals surface area (Å²) in [5.41, 5.74) is -1.10. The number of carboxylic acids is 1. The summed E-state index contributed by atoms with van der Waals surface area (Å²) in [4.78, 5) is 27.1. The third kappa shape index (κ3) is 3.00. The van der Waals surface area contributed by atoms with E-state index in [-0.39, 0.29) is 24.2 Å². The number of hydrogen-bond acceptors (Lipinski definition) is 3. The number of carbonyl (C=O) groups excluding carboxylic acids is 1. The van der Waals surface area contributed by atoms with E-state index in [0.717, 1.165) is 0 Å². The fourth-order valence-corrected chi connectivity index (χ4v) is 4.33. The molecule has 26 heavy (non-hydrogen) atoms. The lowest BCUT2D eigenvalue weighted by Crippen LogP contribution is -2.50. The Morgan fingerprint density at radius 2 is 1.92 bits per heavy atom. The van der Waals surface area contributed by atoms with Gasteiger partial charge in [0.05, 0.1) is 10.8 Å². The fraction of sp³-hybridized carbons (Fsp3) is 0.600. The highest BCUT2D eigenvalue weighted by atomic mass is 19.1. The van der Waals surface area contributed by atoms with Gasteiger partial charge in [-0.2, -0.15) is 0 Å². The molecule has 1 unspecified atom stereocenters. The van der Waals surface area contributed by atoms with Gasteiger partial charge in [-0.1, -0.05) is 26.0 Å². The molecule has 5 nitrogen and oxygen atoms in total. The minimum Gasteiger partial charge on any atom is -0.481 e. The maximum absolute atomic E-state index is 13.8. The highest BCUT2D eigenvalue weighted by Crippen LogP contribution is 2.43. The first kappa shape index (κ1) is 18.8. The second kappa shape index (κ2) is 6.99. The number of likely N-dealkylation sites (tertiary alicyclic amines) is 1. The number of hydrogen-bond donors (Lipinski definition) is 1. The lowest BCUT2D eigenvalue weighted by Gasteiger charge is -2.39. The van der Waals surface area contributed by atoms with Gasteiger partial charge < -0.3 is 14.7 Å². The Bertz CT molecular complexity index is 699. The van der Waals surface area contributed by atoms with E-state index in [1.165, 1.54) is 12.1 Å². The second-order valence-electron chi connectivity index (χ2n) is 7.80. The van der Waals surface area contributed by atoms with Crippen molar-refractivity contribution >= 4 is 11.9 Å². The van der Waals surface area contributed by atoms with Crippen molar-refractivity contribution < 1.29 is 23.8 Å². The van der Waals surface area contributed by atoms with Gasteiger partial charge in [0.15, 0.2) is 0 Å². The predicted octanol–water partition coefficient (Wildman–Crippen LogP) is 2.83. The van der Waals surface area contributed by atoms with Crippen LogP contribution in [0.5, 0.6) is 0 Å². The molecule has 6 heteroatoms. The fourth-order valence-electron chi connectivity index (χ4n) is 4.33. The molecule has 0 aromatic heterocycles. The summed E-state index contributed by atoms with van der Waals surface area (Å²) in [7, 11) is 0. The maximum Gasteiger partial charge on any atom is 0.311 e. The number of amides is 1. The molecule has 2 fully saturated rings. The van der Waals surface area contributed by atoms with Gasteiger partial charge in [-0.15, -0.1) is 0 Å².